The van der Waals surface area contributed by atoms with Crippen LogP contribution in [0.15, 0.2) is 16.5 Å². The van der Waals surface area contributed by atoms with Crippen molar-refractivity contribution in [2.75, 3.05) is 13.2 Å². The number of aliphatic hydroxyl groups excluding tert-OH is 1. The van der Waals surface area contributed by atoms with Gasteiger partial charge in [-0.2, -0.15) is 0 Å². The lowest BCUT2D eigenvalue weighted by Gasteiger charge is -2.33. The van der Waals surface area contributed by atoms with Crippen molar-refractivity contribution >= 4 is 0 Å². The summed E-state index contributed by atoms with van der Waals surface area (Å²) in [5.74, 6) is 2.27. The number of nitrogens with one attached hydrogen (secondary N) is 1. The summed E-state index contributed by atoms with van der Waals surface area (Å²) < 4.78 is 5.79. The molecule has 3 atom stereocenters. The van der Waals surface area contributed by atoms with Crippen LogP contribution in [0.2, 0.25) is 0 Å². The Balaban J connectivity index is 2.01. The van der Waals surface area contributed by atoms with Gasteiger partial charge in [0.2, 0.25) is 0 Å². The molecule has 0 amide bonds. The molecule has 4 N–H and O–H groups in total. The molecule has 1 aromatic heterocycles. The van der Waals surface area contributed by atoms with Crippen LogP contribution in [0.3, 0.4) is 0 Å². The molecule has 0 saturated heterocycles. The standard InChI is InChI=1S/C15H26N2O2/c1-2-12-7-8-15(19-12)14(9-16)17-13-6-4-3-5-11(13)10-18/h7-8,11,13-14,17-18H,2-6,9-10,16H2,1H3. The monoisotopic (exact) mass is 266 g/mol. The van der Waals surface area contributed by atoms with Crippen molar-refractivity contribution < 1.29 is 9.52 Å². The van der Waals surface area contributed by atoms with E-state index in [1.807, 2.05) is 12.1 Å². The Bertz CT molecular complexity index is 378. The molecule has 1 aliphatic carbocycles. The average molecular weight is 266 g/mol. The van der Waals surface area contributed by atoms with Crippen LogP contribution in [-0.4, -0.2) is 24.3 Å². The predicted molar refractivity (Wildman–Crippen MR) is 75.8 cm³/mol. The Morgan fingerprint density at radius 1 is 1.42 bits per heavy atom. The van der Waals surface area contributed by atoms with E-state index in [0.29, 0.717) is 18.5 Å². The summed E-state index contributed by atoms with van der Waals surface area (Å²) in [5, 5.41) is 13.0. The Hall–Kier alpha value is -0.840. The topological polar surface area (TPSA) is 71.4 Å². The minimum atomic E-state index is 0.0532. The number of furan rings is 1. The molecule has 0 aliphatic heterocycles. The van der Waals surface area contributed by atoms with Gasteiger partial charge in [-0.15, -0.1) is 0 Å². The fourth-order valence-electron chi connectivity index (χ4n) is 2.94. The molecule has 1 saturated carbocycles. The van der Waals surface area contributed by atoms with Crippen LogP contribution in [0, 0.1) is 5.92 Å². The summed E-state index contributed by atoms with van der Waals surface area (Å²) >= 11 is 0. The molecule has 108 valence electrons. The number of hydrogen-bond acceptors (Lipinski definition) is 4. The summed E-state index contributed by atoms with van der Waals surface area (Å²) in [5.41, 5.74) is 5.87. The van der Waals surface area contributed by atoms with E-state index >= 15 is 0 Å². The van der Waals surface area contributed by atoms with E-state index in [2.05, 4.69) is 12.2 Å². The molecule has 1 aliphatic rings. The highest BCUT2D eigenvalue weighted by Gasteiger charge is 2.27. The first-order chi connectivity index (χ1) is 9.28. The Morgan fingerprint density at radius 3 is 2.84 bits per heavy atom. The molecule has 4 heteroatoms. The zero-order valence-electron chi connectivity index (χ0n) is 11.8. The van der Waals surface area contributed by atoms with Gasteiger partial charge >= 0.3 is 0 Å². The minimum absolute atomic E-state index is 0.0532. The highest BCUT2D eigenvalue weighted by molar-refractivity contribution is 5.11. The van der Waals surface area contributed by atoms with Crippen molar-refractivity contribution in [3.05, 3.63) is 23.7 Å². The lowest BCUT2D eigenvalue weighted by Crippen LogP contribution is -2.44. The summed E-state index contributed by atoms with van der Waals surface area (Å²) in [6.45, 7) is 2.86. The average Bonchev–Trinajstić information content (AvgIpc) is 2.93. The summed E-state index contributed by atoms with van der Waals surface area (Å²) in [7, 11) is 0. The van der Waals surface area contributed by atoms with Crippen LogP contribution < -0.4 is 11.1 Å². The summed E-state index contributed by atoms with van der Waals surface area (Å²) in [6.07, 6.45) is 5.56. The molecular formula is C15H26N2O2. The van der Waals surface area contributed by atoms with E-state index in [0.717, 1.165) is 30.8 Å². The Labute approximate surface area is 115 Å². The second kappa shape index (κ2) is 7.08. The van der Waals surface area contributed by atoms with E-state index in [1.165, 1.54) is 12.8 Å². The van der Waals surface area contributed by atoms with Crippen molar-refractivity contribution in [2.45, 2.75) is 51.1 Å². The molecular weight excluding hydrogens is 240 g/mol. The normalized spacial score (nSPS) is 25.4. The van der Waals surface area contributed by atoms with E-state index in [9.17, 15) is 5.11 Å². The van der Waals surface area contributed by atoms with E-state index in [-0.39, 0.29) is 12.6 Å². The second-order valence-corrected chi connectivity index (χ2v) is 5.45. The van der Waals surface area contributed by atoms with Gasteiger partial charge in [0, 0.05) is 25.6 Å². The number of nitrogens with two attached hydrogens (primary N) is 1. The van der Waals surface area contributed by atoms with Gasteiger partial charge in [0.25, 0.3) is 0 Å². The largest absolute Gasteiger partial charge is 0.464 e. The highest BCUT2D eigenvalue weighted by Crippen LogP contribution is 2.27. The third-order valence-electron chi connectivity index (χ3n) is 4.17. The first-order valence-corrected chi connectivity index (χ1v) is 7.44. The van der Waals surface area contributed by atoms with Gasteiger partial charge in [0.15, 0.2) is 0 Å². The molecule has 1 aromatic rings. The molecule has 1 heterocycles. The third-order valence-corrected chi connectivity index (χ3v) is 4.17. The first-order valence-electron chi connectivity index (χ1n) is 7.44. The predicted octanol–water partition coefficient (Wildman–Crippen LogP) is 1.98. The first kappa shape index (κ1) is 14.6. The quantitative estimate of drug-likeness (QED) is 0.736. The summed E-state index contributed by atoms with van der Waals surface area (Å²) in [6, 6.07) is 4.43. The van der Waals surface area contributed by atoms with Gasteiger partial charge in [-0.25, -0.2) is 0 Å². The molecule has 0 aromatic carbocycles. The summed E-state index contributed by atoms with van der Waals surface area (Å²) in [4.78, 5) is 0. The van der Waals surface area contributed by atoms with Crippen molar-refractivity contribution in [2.24, 2.45) is 11.7 Å². The van der Waals surface area contributed by atoms with Crippen LogP contribution in [0.25, 0.3) is 0 Å². The number of aliphatic hydroxyl groups is 1. The van der Waals surface area contributed by atoms with Gasteiger partial charge in [0.05, 0.1) is 6.04 Å². The van der Waals surface area contributed by atoms with Gasteiger partial charge < -0.3 is 20.6 Å². The Morgan fingerprint density at radius 2 is 2.21 bits per heavy atom. The second-order valence-electron chi connectivity index (χ2n) is 5.45. The van der Waals surface area contributed by atoms with Crippen LogP contribution in [0.1, 0.15) is 50.2 Å². The van der Waals surface area contributed by atoms with E-state index in [1.54, 1.807) is 0 Å². The smallest absolute Gasteiger partial charge is 0.122 e. The van der Waals surface area contributed by atoms with Gasteiger partial charge in [0.1, 0.15) is 11.5 Å². The van der Waals surface area contributed by atoms with Gasteiger partial charge in [-0.1, -0.05) is 19.8 Å². The van der Waals surface area contributed by atoms with Gasteiger partial charge in [-0.05, 0) is 30.9 Å². The van der Waals surface area contributed by atoms with Crippen LogP contribution in [0.4, 0.5) is 0 Å². The lowest BCUT2D eigenvalue weighted by atomic mass is 9.84. The van der Waals surface area contributed by atoms with E-state index in [4.69, 9.17) is 10.2 Å². The van der Waals surface area contributed by atoms with Crippen LogP contribution in [-0.2, 0) is 6.42 Å². The molecule has 2 rings (SSSR count). The highest BCUT2D eigenvalue weighted by atomic mass is 16.3. The maximum Gasteiger partial charge on any atom is 0.122 e. The van der Waals surface area contributed by atoms with Gasteiger partial charge in [-0.3, -0.25) is 0 Å². The fraction of sp³-hybridized carbons (Fsp3) is 0.733. The van der Waals surface area contributed by atoms with Crippen LogP contribution in [0.5, 0.6) is 0 Å². The number of rotatable bonds is 6. The Kier molecular flexibility index (Phi) is 5.43. The fourth-order valence-corrected chi connectivity index (χ4v) is 2.94. The SMILES string of the molecule is CCc1ccc(C(CN)NC2CCCCC2CO)o1. The maximum absolute atomic E-state index is 9.47. The third kappa shape index (κ3) is 3.59. The molecule has 3 unspecified atom stereocenters. The molecule has 19 heavy (non-hydrogen) atoms. The minimum Gasteiger partial charge on any atom is -0.464 e. The van der Waals surface area contributed by atoms with Crippen LogP contribution >= 0.6 is 0 Å². The zero-order valence-corrected chi connectivity index (χ0v) is 11.8. The molecule has 0 bridgehead atoms. The number of hydrogen-bond donors (Lipinski definition) is 3. The molecule has 0 radical (unpaired) electrons. The van der Waals surface area contributed by atoms with Crippen molar-refractivity contribution in [1.82, 2.24) is 5.32 Å². The molecule has 4 nitrogen and oxygen atoms in total. The van der Waals surface area contributed by atoms with Crippen molar-refractivity contribution in [3.8, 4) is 0 Å². The van der Waals surface area contributed by atoms with Crippen molar-refractivity contribution in [1.29, 1.82) is 0 Å². The molecule has 1 fully saturated rings. The lowest BCUT2D eigenvalue weighted by molar-refractivity contribution is 0.143. The zero-order chi connectivity index (χ0) is 13.7. The van der Waals surface area contributed by atoms with Crippen molar-refractivity contribution in [3.63, 3.8) is 0 Å². The molecule has 0 spiro atoms. The van der Waals surface area contributed by atoms with E-state index < -0.39 is 0 Å². The number of aryl methyl sites for hydroxylation is 1. The maximum atomic E-state index is 9.47.